The van der Waals surface area contributed by atoms with Crippen LogP contribution in [-0.4, -0.2) is 48.3 Å². The van der Waals surface area contributed by atoms with Gasteiger partial charge in [-0.2, -0.15) is 21.6 Å². The summed E-state index contributed by atoms with van der Waals surface area (Å²) in [5, 5.41) is 15.5. The Hall–Kier alpha value is -2.81. The van der Waals surface area contributed by atoms with Gasteiger partial charge >= 0.3 is 21.5 Å². The largest absolute Gasteiger partial charge is 0.516 e. The fourth-order valence-electron chi connectivity index (χ4n) is 5.13. The molecule has 15 heteroatoms. The van der Waals surface area contributed by atoms with Crippen LogP contribution in [0.25, 0.3) is 0 Å². The van der Waals surface area contributed by atoms with Gasteiger partial charge in [0, 0.05) is 17.8 Å². The smallest absolute Gasteiger partial charge is 0.457 e. The molecule has 1 N–H and O–H groups in total. The molecular weight excluding hydrogens is 545 g/mol. The molecule has 1 atom stereocenters. The summed E-state index contributed by atoms with van der Waals surface area (Å²) < 4.78 is 70.6. The highest BCUT2D eigenvalue weighted by Crippen LogP contribution is 2.47. The van der Waals surface area contributed by atoms with Gasteiger partial charge in [0.05, 0.1) is 5.69 Å². The first-order chi connectivity index (χ1) is 17.7. The minimum atomic E-state index is -5.72. The zero-order valence-electron chi connectivity index (χ0n) is 21.4. The van der Waals surface area contributed by atoms with E-state index in [9.17, 15) is 26.4 Å². The second-order valence-electron chi connectivity index (χ2n) is 10.0. The van der Waals surface area contributed by atoms with Crippen LogP contribution >= 0.6 is 11.3 Å². The van der Waals surface area contributed by atoms with Crippen LogP contribution in [0.1, 0.15) is 81.1 Å². The zero-order valence-corrected chi connectivity index (χ0v) is 23.0. The number of rotatable bonds is 7. The molecule has 10 nitrogen and oxygen atoms in total. The molecule has 208 valence electrons. The molecule has 1 aromatic heterocycles. The van der Waals surface area contributed by atoms with Gasteiger partial charge in [-0.3, -0.25) is 4.72 Å². The van der Waals surface area contributed by atoms with Crippen LogP contribution in [0.5, 0.6) is 0 Å². The van der Waals surface area contributed by atoms with Gasteiger partial charge in [-0.1, -0.05) is 18.3 Å². The van der Waals surface area contributed by atoms with Crippen LogP contribution in [0.4, 0.5) is 35.4 Å². The lowest BCUT2D eigenvalue weighted by Crippen LogP contribution is -2.48. The fourth-order valence-corrected chi connectivity index (χ4v) is 6.24. The average Bonchev–Trinajstić information content (AvgIpc) is 3.49. The Balaban J connectivity index is 1.69. The number of aromatic nitrogens is 2. The summed E-state index contributed by atoms with van der Waals surface area (Å²) in [6.45, 7) is 8.51. The standard InChI is InChI=1S/C23H29F3N6O4S2/c1-5-32-18-11-17(31-38(34,35)23(24,25)26)16(10-15(18)13(2)12-22(32,3)4)27-29-21-30-28-19(37-21)20(33)36-14-8-6-7-9-14/h10-11,13-14,31H,5-9,12H2,1-4H3. The number of nitrogens with one attached hydrogen (secondary N) is 1. The van der Waals surface area contributed by atoms with Crippen LogP contribution in [0.2, 0.25) is 0 Å². The molecule has 0 amide bonds. The second-order valence-corrected chi connectivity index (χ2v) is 12.7. The molecule has 1 aromatic carbocycles. The minimum absolute atomic E-state index is 0.0171. The van der Waals surface area contributed by atoms with Gasteiger partial charge in [0.25, 0.3) is 5.13 Å². The molecule has 1 unspecified atom stereocenters. The van der Waals surface area contributed by atoms with Crippen molar-refractivity contribution in [2.24, 2.45) is 10.2 Å². The first-order valence-electron chi connectivity index (χ1n) is 12.2. The molecular formula is C23H29F3N6O4S2. The Labute approximate surface area is 222 Å². The lowest BCUT2D eigenvalue weighted by atomic mass is 9.80. The monoisotopic (exact) mass is 574 g/mol. The highest BCUT2D eigenvalue weighted by molar-refractivity contribution is 7.93. The van der Waals surface area contributed by atoms with E-state index >= 15 is 0 Å². The van der Waals surface area contributed by atoms with E-state index in [0.29, 0.717) is 12.2 Å². The number of nitrogens with zero attached hydrogens (tertiary/aromatic N) is 5. The number of hydrogen-bond acceptors (Lipinski definition) is 10. The Kier molecular flexibility index (Phi) is 7.72. The number of halogens is 3. The molecule has 1 aliphatic carbocycles. The Morgan fingerprint density at radius 2 is 1.92 bits per heavy atom. The summed E-state index contributed by atoms with van der Waals surface area (Å²) in [6, 6.07) is 2.89. The molecule has 1 aliphatic heterocycles. The molecule has 1 saturated carbocycles. The normalized spacial score (nSPS) is 20.1. The zero-order chi connectivity index (χ0) is 27.9. The Morgan fingerprint density at radius 1 is 1.24 bits per heavy atom. The number of hydrogen-bond donors (Lipinski definition) is 1. The minimum Gasteiger partial charge on any atom is -0.457 e. The first kappa shape index (κ1) is 28.2. The van der Waals surface area contributed by atoms with E-state index in [1.54, 1.807) is 4.72 Å². The highest BCUT2D eigenvalue weighted by Gasteiger charge is 2.46. The Bertz CT molecular complexity index is 1340. The third-order valence-electron chi connectivity index (χ3n) is 6.78. The number of sulfonamides is 1. The van der Waals surface area contributed by atoms with Crippen LogP contribution in [-0.2, 0) is 14.8 Å². The number of ether oxygens (including phenoxy) is 1. The van der Waals surface area contributed by atoms with Crippen molar-refractivity contribution >= 4 is 49.5 Å². The maximum absolute atomic E-state index is 13.2. The maximum atomic E-state index is 13.2. The van der Waals surface area contributed by atoms with E-state index in [4.69, 9.17) is 4.74 Å². The van der Waals surface area contributed by atoms with Gasteiger partial charge in [0.1, 0.15) is 11.8 Å². The van der Waals surface area contributed by atoms with Crippen LogP contribution in [0.15, 0.2) is 22.4 Å². The molecule has 0 bridgehead atoms. The molecule has 1 fully saturated rings. The van der Waals surface area contributed by atoms with Gasteiger partial charge in [0.2, 0.25) is 5.01 Å². The molecule has 2 aliphatic rings. The van der Waals surface area contributed by atoms with Gasteiger partial charge in [0.15, 0.2) is 0 Å². The Morgan fingerprint density at radius 3 is 2.55 bits per heavy atom. The molecule has 2 aromatic rings. The maximum Gasteiger partial charge on any atom is 0.516 e. The van der Waals surface area contributed by atoms with E-state index in [0.717, 1.165) is 49.0 Å². The van der Waals surface area contributed by atoms with Crippen LogP contribution in [0, 0.1) is 0 Å². The van der Waals surface area contributed by atoms with Crippen molar-refractivity contribution in [1.82, 2.24) is 10.2 Å². The summed E-state index contributed by atoms with van der Waals surface area (Å²) in [7, 11) is -5.72. The van der Waals surface area contributed by atoms with E-state index in [2.05, 4.69) is 20.4 Å². The first-order valence-corrected chi connectivity index (χ1v) is 14.5. The summed E-state index contributed by atoms with van der Waals surface area (Å²) in [6.07, 6.45) is 4.16. The van der Waals surface area contributed by atoms with Gasteiger partial charge in [-0.15, -0.1) is 20.4 Å². The molecule has 38 heavy (non-hydrogen) atoms. The van der Waals surface area contributed by atoms with Gasteiger partial charge < -0.3 is 9.64 Å². The summed E-state index contributed by atoms with van der Waals surface area (Å²) in [5.41, 5.74) is -4.91. The number of fused-ring (bicyclic) bond motifs is 1. The molecule has 0 saturated heterocycles. The molecule has 4 rings (SSSR count). The SMILES string of the molecule is CCN1c2cc(NS(=O)(=O)C(F)(F)F)c(N=Nc3nnc(C(=O)OC4CCCC4)s3)cc2C(C)CC1(C)C. The number of anilines is 2. The third-order valence-corrected chi connectivity index (χ3v) is 8.66. The third kappa shape index (κ3) is 5.77. The lowest BCUT2D eigenvalue weighted by molar-refractivity contribution is -0.0429. The van der Waals surface area contributed by atoms with Crippen molar-refractivity contribution in [3.8, 4) is 0 Å². The van der Waals surface area contributed by atoms with Crippen LogP contribution in [0.3, 0.4) is 0 Å². The van der Waals surface area contributed by atoms with E-state index in [1.165, 1.54) is 12.1 Å². The van der Waals surface area contributed by atoms with Crippen LogP contribution < -0.4 is 9.62 Å². The number of carbonyl (C=O) groups excluding carboxylic acids is 1. The topological polar surface area (TPSA) is 126 Å². The lowest BCUT2D eigenvalue weighted by Gasteiger charge is -2.47. The molecule has 0 spiro atoms. The van der Waals surface area contributed by atoms with Crippen molar-refractivity contribution in [2.45, 2.75) is 82.9 Å². The number of benzene rings is 1. The summed E-state index contributed by atoms with van der Waals surface area (Å²) in [4.78, 5) is 14.3. The molecule has 0 radical (unpaired) electrons. The predicted octanol–water partition coefficient (Wildman–Crippen LogP) is 6.43. The van der Waals surface area contributed by atoms with E-state index in [1.807, 2.05) is 32.6 Å². The predicted molar refractivity (Wildman–Crippen MR) is 137 cm³/mol. The van der Waals surface area contributed by atoms with Crippen molar-refractivity contribution < 1.29 is 31.1 Å². The number of alkyl halides is 3. The fraction of sp³-hybridized carbons (Fsp3) is 0.609. The van der Waals surface area contributed by atoms with Crippen molar-refractivity contribution in [3.63, 3.8) is 0 Å². The van der Waals surface area contributed by atoms with Crippen molar-refractivity contribution in [2.75, 3.05) is 16.2 Å². The average molecular weight is 575 g/mol. The van der Waals surface area contributed by atoms with Crippen molar-refractivity contribution in [1.29, 1.82) is 0 Å². The summed E-state index contributed by atoms with van der Waals surface area (Å²) >= 11 is 0.816. The number of carbonyl (C=O) groups is 1. The van der Waals surface area contributed by atoms with Gasteiger partial charge in [-0.25, -0.2) is 4.79 Å². The van der Waals surface area contributed by atoms with E-state index < -0.39 is 21.5 Å². The van der Waals surface area contributed by atoms with E-state index in [-0.39, 0.29) is 39.1 Å². The summed E-state index contributed by atoms with van der Waals surface area (Å²) in [5.74, 6) is -0.608. The highest BCUT2D eigenvalue weighted by atomic mass is 32.2. The van der Waals surface area contributed by atoms with Gasteiger partial charge in [-0.05, 0) is 76.5 Å². The quantitative estimate of drug-likeness (QED) is 0.298. The number of azo groups is 1. The second kappa shape index (κ2) is 10.4. The number of esters is 1. The van der Waals surface area contributed by atoms with Crippen molar-refractivity contribution in [3.05, 3.63) is 22.7 Å². The molecule has 2 heterocycles.